The number of nitrogens with two attached hydrogens (primary N) is 1. The second-order valence-electron chi connectivity index (χ2n) is 4.61. The molecule has 0 amide bonds. The molecule has 0 aliphatic heterocycles. The second-order valence-corrected chi connectivity index (χ2v) is 5.04. The van der Waals surface area contributed by atoms with E-state index in [1.165, 1.54) is 0 Å². The Hall–Kier alpha value is -1.59. The van der Waals surface area contributed by atoms with Crippen LogP contribution in [0.2, 0.25) is 5.02 Å². The summed E-state index contributed by atoms with van der Waals surface area (Å²) in [4.78, 5) is 0. The summed E-state index contributed by atoms with van der Waals surface area (Å²) in [5, 5.41) is 8.52. The van der Waals surface area contributed by atoms with E-state index in [0.717, 1.165) is 23.4 Å². The topological polar surface area (TPSA) is 66.0 Å². The highest BCUT2D eigenvalue weighted by Gasteiger charge is 2.08. The maximum atomic E-state index is 6.00. The van der Waals surface area contributed by atoms with Crippen LogP contribution in [0, 0.1) is 0 Å². The van der Waals surface area contributed by atoms with Crippen molar-refractivity contribution < 1.29 is 4.74 Å². The molecule has 0 fully saturated rings. The molecule has 0 saturated carbocycles. The Morgan fingerprint density at radius 2 is 2.26 bits per heavy atom. The van der Waals surface area contributed by atoms with Crippen molar-refractivity contribution in [2.75, 3.05) is 0 Å². The van der Waals surface area contributed by atoms with E-state index in [0.29, 0.717) is 11.6 Å². The first kappa shape index (κ1) is 13.8. The highest BCUT2D eigenvalue weighted by atomic mass is 35.5. The Morgan fingerprint density at radius 1 is 1.47 bits per heavy atom. The minimum atomic E-state index is 0.0531. The highest BCUT2D eigenvalue weighted by molar-refractivity contribution is 6.30. The van der Waals surface area contributed by atoms with Gasteiger partial charge in [0.1, 0.15) is 18.1 Å². The van der Waals surface area contributed by atoms with Crippen molar-refractivity contribution in [1.82, 2.24) is 15.0 Å². The molecule has 1 heterocycles. The summed E-state index contributed by atoms with van der Waals surface area (Å²) in [7, 11) is 1.82. The number of benzene rings is 1. The SMILES string of the molecule is CC(N)Cc1cc(Cl)ccc1OCc1cn(C)nn1. The van der Waals surface area contributed by atoms with Crippen LogP contribution in [0.3, 0.4) is 0 Å². The molecule has 0 aliphatic rings. The molecule has 0 aliphatic carbocycles. The molecule has 5 nitrogen and oxygen atoms in total. The van der Waals surface area contributed by atoms with Crippen molar-refractivity contribution in [3.8, 4) is 5.75 Å². The van der Waals surface area contributed by atoms with Crippen LogP contribution in [0.25, 0.3) is 0 Å². The Labute approximate surface area is 117 Å². The van der Waals surface area contributed by atoms with E-state index in [2.05, 4.69) is 10.3 Å². The van der Waals surface area contributed by atoms with Crippen molar-refractivity contribution in [2.24, 2.45) is 12.8 Å². The van der Waals surface area contributed by atoms with Crippen LogP contribution in [0.15, 0.2) is 24.4 Å². The fourth-order valence-corrected chi connectivity index (χ4v) is 2.00. The van der Waals surface area contributed by atoms with Crippen molar-refractivity contribution in [2.45, 2.75) is 26.0 Å². The number of ether oxygens (including phenoxy) is 1. The van der Waals surface area contributed by atoms with Crippen LogP contribution in [0.5, 0.6) is 5.75 Å². The van der Waals surface area contributed by atoms with Gasteiger partial charge in [0.15, 0.2) is 0 Å². The third kappa shape index (κ3) is 3.94. The normalized spacial score (nSPS) is 12.4. The molecule has 19 heavy (non-hydrogen) atoms. The zero-order valence-electron chi connectivity index (χ0n) is 11.0. The number of aryl methyl sites for hydroxylation is 1. The van der Waals surface area contributed by atoms with Crippen LogP contribution in [0.1, 0.15) is 18.2 Å². The molecule has 0 saturated heterocycles. The lowest BCUT2D eigenvalue weighted by atomic mass is 10.1. The third-order valence-corrected chi connectivity index (χ3v) is 2.83. The van der Waals surface area contributed by atoms with Gasteiger partial charge in [0.2, 0.25) is 0 Å². The number of nitrogens with zero attached hydrogens (tertiary/aromatic N) is 3. The molecular weight excluding hydrogens is 264 g/mol. The van der Waals surface area contributed by atoms with Gasteiger partial charge in [-0.05, 0) is 37.1 Å². The number of hydrogen-bond donors (Lipinski definition) is 1. The molecule has 0 bridgehead atoms. The highest BCUT2D eigenvalue weighted by Crippen LogP contribution is 2.24. The van der Waals surface area contributed by atoms with Crippen molar-refractivity contribution in [3.05, 3.63) is 40.7 Å². The lowest BCUT2D eigenvalue weighted by Gasteiger charge is -2.12. The first-order valence-corrected chi connectivity index (χ1v) is 6.44. The number of halogens is 1. The second kappa shape index (κ2) is 6.04. The van der Waals surface area contributed by atoms with Gasteiger partial charge in [0, 0.05) is 18.1 Å². The summed E-state index contributed by atoms with van der Waals surface area (Å²) in [5.41, 5.74) is 7.62. The maximum Gasteiger partial charge on any atom is 0.134 e. The Balaban J connectivity index is 2.10. The number of hydrogen-bond acceptors (Lipinski definition) is 4. The van der Waals surface area contributed by atoms with Crippen molar-refractivity contribution >= 4 is 11.6 Å². The van der Waals surface area contributed by atoms with Gasteiger partial charge >= 0.3 is 0 Å². The zero-order valence-corrected chi connectivity index (χ0v) is 11.8. The van der Waals surface area contributed by atoms with Crippen LogP contribution in [-0.4, -0.2) is 21.0 Å². The van der Waals surface area contributed by atoms with E-state index in [1.807, 2.05) is 32.3 Å². The largest absolute Gasteiger partial charge is 0.487 e. The van der Waals surface area contributed by atoms with Crippen LogP contribution in [-0.2, 0) is 20.1 Å². The maximum absolute atomic E-state index is 6.00. The van der Waals surface area contributed by atoms with Gasteiger partial charge in [-0.1, -0.05) is 16.8 Å². The molecule has 1 atom stereocenters. The predicted octanol–water partition coefficient (Wildman–Crippen LogP) is 1.94. The van der Waals surface area contributed by atoms with E-state index < -0.39 is 0 Å². The van der Waals surface area contributed by atoms with E-state index in [-0.39, 0.29) is 6.04 Å². The molecule has 0 radical (unpaired) electrons. The van der Waals surface area contributed by atoms with Gasteiger partial charge in [0.05, 0.1) is 6.20 Å². The molecule has 1 unspecified atom stereocenters. The summed E-state index contributed by atoms with van der Waals surface area (Å²) in [5.74, 6) is 0.785. The lowest BCUT2D eigenvalue weighted by molar-refractivity contribution is 0.297. The predicted molar refractivity (Wildman–Crippen MR) is 74.1 cm³/mol. The fraction of sp³-hybridized carbons (Fsp3) is 0.385. The van der Waals surface area contributed by atoms with E-state index in [4.69, 9.17) is 22.1 Å². The van der Waals surface area contributed by atoms with Crippen LogP contribution in [0.4, 0.5) is 0 Å². The minimum Gasteiger partial charge on any atom is -0.487 e. The monoisotopic (exact) mass is 280 g/mol. The van der Waals surface area contributed by atoms with E-state index in [9.17, 15) is 0 Å². The van der Waals surface area contributed by atoms with Gasteiger partial charge in [-0.2, -0.15) is 0 Å². The quantitative estimate of drug-likeness (QED) is 0.909. The smallest absolute Gasteiger partial charge is 0.134 e. The summed E-state index contributed by atoms with van der Waals surface area (Å²) in [6.07, 6.45) is 2.54. The standard InChI is InChI=1S/C13H17ClN4O/c1-9(15)5-10-6-11(14)3-4-13(10)19-8-12-7-18(2)17-16-12/h3-4,6-7,9H,5,8,15H2,1-2H3. The van der Waals surface area contributed by atoms with E-state index >= 15 is 0 Å². The third-order valence-electron chi connectivity index (χ3n) is 2.59. The summed E-state index contributed by atoms with van der Waals surface area (Å²) in [6, 6.07) is 5.60. The van der Waals surface area contributed by atoms with Gasteiger partial charge in [-0.15, -0.1) is 5.10 Å². The van der Waals surface area contributed by atoms with Gasteiger partial charge in [-0.3, -0.25) is 4.68 Å². The van der Waals surface area contributed by atoms with Gasteiger partial charge in [0.25, 0.3) is 0 Å². The lowest BCUT2D eigenvalue weighted by Crippen LogP contribution is -2.18. The first-order chi connectivity index (χ1) is 9.04. The van der Waals surface area contributed by atoms with Crippen molar-refractivity contribution in [1.29, 1.82) is 0 Å². The Morgan fingerprint density at radius 3 is 2.89 bits per heavy atom. The first-order valence-electron chi connectivity index (χ1n) is 6.06. The molecule has 0 spiro atoms. The average Bonchev–Trinajstić information content (AvgIpc) is 2.73. The van der Waals surface area contributed by atoms with Crippen LogP contribution < -0.4 is 10.5 Å². The van der Waals surface area contributed by atoms with E-state index in [1.54, 1.807) is 10.7 Å². The van der Waals surface area contributed by atoms with Gasteiger partial charge < -0.3 is 10.5 Å². The van der Waals surface area contributed by atoms with Crippen LogP contribution >= 0.6 is 11.6 Å². The number of aromatic nitrogens is 3. The molecule has 2 N–H and O–H groups in total. The molecule has 6 heteroatoms. The number of rotatable bonds is 5. The molecule has 1 aromatic heterocycles. The zero-order chi connectivity index (χ0) is 13.8. The molecule has 102 valence electrons. The molecular formula is C13H17ClN4O. The molecule has 2 aromatic rings. The Kier molecular flexibility index (Phi) is 4.39. The summed E-state index contributed by atoms with van der Waals surface area (Å²) in [6.45, 7) is 2.33. The fourth-order valence-electron chi connectivity index (χ4n) is 1.81. The van der Waals surface area contributed by atoms with Gasteiger partial charge in [-0.25, -0.2) is 0 Å². The average molecular weight is 281 g/mol. The molecule has 1 aromatic carbocycles. The minimum absolute atomic E-state index is 0.0531. The Bertz CT molecular complexity index is 553. The summed E-state index contributed by atoms with van der Waals surface area (Å²) >= 11 is 6.00. The summed E-state index contributed by atoms with van der Waals surface area (Å²) < 4.78 is 7.40. The molecule has 2 rings (SSSR count). The van der Waals surface area contributed by atoms with Crippen molar-refractivity contribution in [3.63, 3.8) is 0 Å².